The van der Waals surface area contributed by atoms with E-state index in [9.17, 15) is 0 Å². The van der Waals surface area contributed by atoms with Crippen molar-refractivity contribution in [1.29, 1.82) is 0 Å². The first kappa shape index (κ1) is 37.0. The molecular weight excluding hydrogens is 952 g/mol. The van der Waals surface area contributed by atoms with Crippen LogP contribution >= 0.6 is 63.7 Å². The van der Waals surface area contributed by atoms with Crippen molar-refractivity contribution in [3.05, 3.63) is 207 Å². The van der Waals surface area contributed by atoms with Crippen LogP contribution in [0.5, 0.6) is 0 Å². The lowest BCUT2D eigenvalue weighted by Crippen LogP contribution is -2.06. The molecule has 56 heavy (non-hydrogen) atoms. The highest BCUT2D eigenvalue weighted by Crippen LogP contribution is 2.42. The van der Waals surface area contributed by atoms with Crippen LogP contribution in [0, 0.1) is 27.7 Å². The van der Waals surface area contributed by atoms with E-state index in [1.165, 1.54) is 0 Å². The summed E-state index contributed by atoms with van der Waals surface area (Å²) >= 11 is 15.2. The molecule has 9 rings (SSSR count). The van der Waals surface area contributed by atoms with Crippen LogP contribution in [-0.2, 0) is 0 Å². The zero-order valence-corrected chi connectivity index (χ0v) is 37.2. The summed E-state index contributed by atoms with van der Waals surface area (Å²) in [7, 11) is 0. The Labute approximate surface area is 360 Å². The van der Waals surface area contributed by atoms with Crippen LogP contribution in [0.4, 0.5) is 0 Å². The van der Waals surface area contributed by atoms with E-state index in [4.69, 9.17) is 20.0 Å². The molecule has 8 bridgehead atoms. The maximum atomic E-state index is 5.46. The third-order valence-corrected chi connectivity index (χ3v) is 14.2. The fraction of sp³-hybridized carbons (Fsp3) is 0.0833. The molecule has 0 saturated carbocycles. The molecular formula is C48H32Br4N4. The number of benzene rings is 4. The molecule has 4 aromatic rings. The van der Waals surface area contributed by atoms with Crippen molar-refractivity contribution < 1.29 is 0 Å². The lowest BCUT2D eigenvalue weighted by molar-refractivity contribution is 1.35. The Kier molecular flexibility index (Phi) is 9.73. The summed E-state index contributed by atoms with van der Waals surface area (Å²) in [6.07, 6.45) is 16.9. The fourth-order valence-corrected chi connectivity index (χ4v) is 9.17. The summed E-state index contributed by atoms with van der Waals surface area (Å²) < 4.78 is 4.10. The Morgan fingerprint density at radius 2 is 0.518 bits per heavy atom. The highest BCUT2D eigenvalue weighted by Gasteiger charge is 2.29. The largest absolute Gasteiger partial charge is 0.248 e. The zero-order valence-electron chi connectivity index (χ0n) is 30.8. The Hall–Kier alpha value is -4.60. The van der Waals surface area contributed by atoms with E-state index >= 15 is 0 Å². The monoisotopic (exact) mass is 980 g/mol. The first-order valence-electron chi connectivity index (χ1n) is 18.2. The molecule has 8 heteroatoms. The van der Waals surface area contributed by atoms with E-state index < -0.39 is 0 Å². The summed E-state index contributed by atoms with van der Waals surface area (Å²) in [6, 6.07) is 25.2. The number of fused-ring (bicyclic) bond motifs is 4. The molecule has 5 aliphatic rings. The van der Waals surface area contributed by atoms with Gasteiger partial charge in [0.25, 0.3) is 0 Å². The Balaban J connectivity index is 1.42. The van der Waals surface area contributed by atoms with E-state index in [2.05, 4.69) is 213 Å². The zero-order chi connectivity index (χ0) is 38.8. The maximum absolute atomic E-state index is 5.46. The molecule has 5 aliphatic heterocycles. The minimum Gasteiger partial charge on any atom is -0.248 e. The van der Waals surface area contributed by atoms with Crippen LogP contribution in [0.25, 0.3) is 22.3 Å². The van der Waals surface area contributed by atoms with Gasteiger partial charge in [0.05, 0.1) is 45.6 Å². The summed E-state index contributed by atoms with van der Waals surface area (Å²) in [4.78, 5) is 21.8. The van der Waals surface area contributed by atoms with Gasteiger partial charge in [0, 0.05) is 40.2 Å². The number of nitrogens with zero attached hydrogens (tertiary/aromatic N) is 4. The van der Waals surface area contributed by atoms with Gasteiger partial charge in [0.2, 0.25) is 0 Å². The van der Waals surface area contributed by atoms with Gasteiger partial charge in [0.15, 0.2) is 0 Å². The molecule has 0 unspecified atom stereocenters. The second kappa shape index (κ2) is 14.7. The molecule has 272 valence electrons. The third kappa shape index (κ3) is 6.31. The van der Waals surface area contributed by atoms with Gasteiger partial charge in [-0.15, -0.1) is 0 Å². The van der Waals surface area contributed by atoms with Crippen molar-refractivity contribution in [2.24, 2.45) is 20.0 Å². The van der Waals surface area contributed by atoms with Crippen LogP contribution in [0.15, 0.2) is 182 Å². The van der Waals surface area contributed by atoms with Crippen molar-refractivity contribution in [2.75, 3.05) is 0 Å². The first-order chi connectivity index (χ1) is 27.1. The van der Waals surface area contributed by atoms with Crippen molar-refractivity contribution in [2.45, 2.75) is 27.7 Å². The molecule has 0 atom stereocenters. The lowest BCUT2D eigenvalue weighted by atomic mass is 9.94. The Morgan fingerprint density at radius 3 is 0.732 bits per heavy atom. The van der Waals surface area contributed by atoms with Gasteiger partial charge in [-0.2, -0.15) is 0 Å². The van der Waals surface area contributed by atoms with Gasteiger partial charge in [-0.05, 0) is 145 Å². The third-order valence-electron chi connectivity index (χ3n) is 10.8. The maximum Gasteiger partial charge on any atom is 0.0738 e. The number of hydrogen-bond donors (Lipinski definition) is 0. The molecule has 5 heterocycles. The minimum atomic E-state index is 0.834. The number of halogens is 4. The SMILES string of the molecule is Cc1c(Br)cccc1C1=C2C=CC(=N2)C(c2cccc(Br)c2C)=C2C=CC(=N2)C(c2cccc(Br)c2C)=C2C=CC(=N2)C(c2cccc(Br)c2C)=C2C=CC1=N2. The average Bonchev–Trinajstić information content (AvgIpc) is 4.03. The van der Waals surface area contributed by atoms with Crippen LogP contribution < -0.4 is 0 Å². The van der Waals surface area contributed by atoms with Crippen LogP contribution in [0.1, 0.15) is 44.5 Å². The quantitative estimate of drug-likeness (QED) is 0.196. The first-order valence-corrected chi connectivity index (χ1v) is 21.3. The predicted molar refractivity (Wildman–Crippen MR) is 249 cm³/mol. The second-order valence-corrected chi connectivity index (χ2v) is 17.4. The Bertz CT molecular complexity index is 2470. The van der Waals surface area contributed by atoms with Gasteiger partial charge >= 0.3 is 0 Å². The normalized spacial score (nSPS) is 17.1. The number of hydrogen-bond acceptors (Lipinski definition) is 4. The molecule has 0 radical (unpaired) electrons. The van der Waals surface area contributed by atoms with E-state index in [1.807, 2.05) is 0 Å². The molecule has 0 fully saturated rings. The van der Waals surface area contributed by atoms with Gasteiger partial charge in [0.1, 0.15) is 0 Å². The predicted octanol–water partition coefficient (Wildman–Crippen LogP) is 14.0. The number of aliphatic imine (C=N–C) groups is 4. The number of allylic oxidation sites excluding steroid dienone is 12. The Morgan fingerprint density at radius 1 is 0.304 bits per heavy atom. The van der Waals surface area contributed by atoms with E-state index in [1.54, 1.807) is 0 Å². The van der Waals surface area contributed by atoms with Crippen molar-refractivity contribution in [1.82, 2.24) is 0 Å². The topological polar surface area (TPSA) is 49.4 Å². The highest BCUT2D eigenvalue weighted by atomic mass is 79.9. The summed E-state index contributed by atoms with van der Waals surface area (Å²) in [5.74, 6) is 0. The highest BCUT2D eigenvalue weighted by molar-refractivity contribution is 9.11. The molecule has 0 aromatic heterocycles. The number of rotatable bonds is 4. The van der Waals surface area contributed by atoms with Crippen LogP contribution in [0.2, 0.25) is 0 Å². The summed E-state index contributed by atoms with van der Waals surface area (Å²) in [6.45, 7) is 8.54. The van der Waals surface area contributed by atoms with Gasteiger partial charge in [-0.3, -0.25) is 0 Å². The van der Waals surface area contributed by atoms with Gasteiger partial charge in [-0.1, -0.05) is 112 Å². The minimum absolute atomic E-state index is 0.834. The van der Waals surface area contributed by atoms with Gasteiger partial charge in [-0.25, -0.2) is 20.0 Å². The van der Waals surface area contributed by atoms with Crippen LogP contribution in [-0.4, -0.2) is 22.8 Å². The smallest absolute Gasteiger partial charge is 0.0738 e. The van der Waals surface area contributed by atoms with Crippen molar-refractivity contribution in [3.63, 3.8) is 0 Å². The van der Waals surface area contributed by atoms with Crippen molar-refractivity contribution in [3.8, 4) is 0 Å². The fourth-order valence-electron chi connectivity index (χ4n) is 7.70. The standard InChI is InChI=1S/C48H32Br4N4/c1-25-29(9-5-13-33(25)49)45-37-17-19-39(53-37)46(30-10-6-14-34(50)26(30)2)41-21-23-43(55-41)48(32-12-8-16-36(52)28(32)4)44-24-22-42(56-44)47(40-20-18-38(45)54-40)31-11-7-15-35(51)27(31)3/h5-24H,1-4H3. The lowest BCUT2D eigenvalue weighted by Gasteiger charge is -2.16. The molecule has 0 amide bonds. The molecule has 0 N–H and O–H groups in total. The summed E-state index contributed by atoms with van der Waals surface area (Å²) in [5.41, 5.74) is 19.2. The van der Waals surface area contributed by atoms with Crippen molar-refractivity contribution >= 4 is 109 Å². The molecule has 0 aliphatic carbocycles. The van der Waals surface area contributed by atoms with E-state index in [0.717, 1.165) is 130 Å². The van der Waals surface area contributed by atoms with Crippen LogP contribution in [0.3, 0.4) is 0 Å². The van der Waals surface area contributed by atoms with E-state index in [-0.39, 0.29) is 0 Å². The molecule has 0 spiro atoms. The molecule has 4 aromatic carbocycles. The average molecular weight is 984 g/mol. The second-order valence-electron chi connectivity index (χ2n) is 14.0. The molecule has 0 saturated heterocycles. The van der Waals surface area contributed by atoms with Gasteiger partial charge < -0.3 is 0 Å². The van der Waals surface area contributed by atoms with E-state index in [0.29, 0.717) is 0 Å². The molecule has 4 nitrogen and oxygen atoms in total. The summed E-state index contributed by atoms with van der Waals surface area (Å²) in [5, 5.41) is 0.